The number of ether oxygens (including phenoxy) is 1. The highest BCUT2D eigenvalue weighted by atomic mass is 32.2. The maximum atomic E-state index is 5.82. The maximum absolute atomic E-state index is 5.82. The average molecular weight is 355 g/mol. The second-order valence-corrected chi connectivity index (χ2v) is 14.9. The molecule has 1 heterocycles. The summed E-state index contributed by atoms with van der Waals surface area (Å²) in [5, 5.41) is 0. The van der Waals surface area contributed by atoms with Gasteiger partial charge < -0.3 is 4.74 Å². The van der Waals surface area contributed by atoms with E-state index < -0.39 is 8.07 Å². The van der Waals surface area contributed by atoms with Gasteiger partial charge in [0.2, 0.25) is 0 Å². The third-order valence-corrected chi connectivity index (χ3v) is 8.08. The molecule has 0 aromatic carbocycles. The fraction of sp³-hybridized carbons (Fsp3) is 0.778. The lowest BCUT2D eigenvalue weighted by atomic mass is 9.75. The first-order chi connectivity index (χ1) is 10.3. The molecule has 124 valence electrons. The van der Waals surface area contributed by atoms with Gasteiger partial charge in [-0.3, -0.25) is 0 Å². The minimum Gasteiger partial charge on any atom is -0.378 e. The predicted molar refractivity (Wildman–Crippen MR) is 105 cm³/mol. The molecule has 0 radical (unpaired) electrons. The number of allylic oxidation sites excluding steroid dienone is 1. The van der Waals surface area contributed by atoms with Crippen molar-refractivity contribution in [2.75, 3.05) is 18.6 Å². The van der Waals surface area contributed by atoms with Gasteiger partial charge >= 0.3 is 0 Å². The molecule has 0 aromatic rings. The molecule has 2 rings (SSSR count). The summed E-state index contributed by atoms with van der Waals surface area (Å²) in [4.78, 5) is 0. The maximum Gasteiger partial charge on any atom is 0.129 e. The summed E-state index contributed by atoms with van der Waals surface area (Å²) in [6.07, 6.45) is 5.84. The zero-order valence-electron chi connectivity index (χ0n) is 14.8. The van der Waals surface area contributed by atoms with Crippen LogP contribution in [-0.2, 0) is 4.74 Å². The van der Waals surface area contributed by atoms with Crippen molar-refractivity contribution < 1.29 is 4.74 Å². The van der Waals surface area contributed by atoms with Gasteiger partial charge in [0.1, 0.15) is 8.07 Å². The standard InChI is InChI=1S/C18H30OS2Si/c1-18(19-2)10-9-16(17-20-11-7-12-21-17)15(14-18)8-6-13-22(3,4)5/h15H,7-12,14H2,1-5H3/t15-,18+/m1/s1. The van der Waals surface area contributed by atoms with E-state index in [0.717, 1.165) is 19.3 Å². The minimum absolute atomic E-state index is 0.0412. The van der Waals surface area contributed by atoms with E-state index in [0.29, 0.717) is 5.92 Å². The van der Waals surface area contributed by atoms with Gasteiger partial charge in [-0.05, 0) is 55.6 Å². The Morgan fingerprint density at radius 3 is 2.55 bits per heavy atom. The van der Waals surface area contributed by atoms with E-state index in [2.05, 4.69) is 61.6 Å². The van der Waals surface area contributed by atoms with Crippen LogP contribution in [0.1, 0.15) is 39.0 Å². The molecule has 2 atom stereocenters. The van der Waals surface area contributed by atoms with Crippen molar-refractivity contribution in [1.29, 1.82) is 0 Å². The average Bonchev–Trinajstić information content (AvgIpc) is 2.47. The molecule has 0 bridgehead atoms. The van der Waals surface area contributed by atoms with Crippen molar-refractivity contribution in [2.45, 2.75) is 64.3 Å². The lowest BCUT2D eigenvalue weighted by Crippen LogP contribution is -2.35. The lowest BCUT2D eigenvalue weighted by Gasteiger charge is -2.39. The molecule has 1 aliphatic carbocycles. The summed E-state index contributed by atoms with van der Waals surface area (Å²) in [5.41, 5.74) is 5.28. The highest BCUT2D eigenvalue weighted by molar-refractivity contribution is 8.22. The fourth-order valence-electron chi connectivity index (χ4n) is 3.05. The normalized spacial score (nSPS) is 30.0. The van der Waals surface area contributed by atoms with E-state index >= 15 is 0 Å². The molecule has 2 aliphatic rings. The van der Waals surface area contributed by atoms with Crippen LogP contribution in [-0.4, -0.2) is 32.3 Å². The highest BCUT2D eigenvalue weighted by Gasteiger charge is 2.36. The number of hydrogen-bond donors (Lipinski definition) is 0. The number of hydrogen-bond acceptors (Lipinski definition) is 3. The van der Waals surface area contributed by atoms with Crippen LogP contribution < -0.4 is 0 Å². The van der Waals surface area contributed by atoms with Gasteiger partial charge in [0.05, 0.1) is 5.60 Å². The third kappa shape index (κ3) is 5.37. The first kappa shape index (κ1) is 18.5. The summed E-state index contributed by atoms with van der Waals surface area (Å²) >= 11 is 4.16. The molecule has 0 aromatic heterocycles. The van der Waals surface area contributed by atoms with Gasteiger partial charge in [-0.25, -0.2) is 0 Å². The molecular formula is C18H30OS2Si. The van der Waals surface area contributed by atoms with Crippen LogP contribution in [0.2, 0.25) is 19.6 Å². The highest BCUT2D eigenvalue weighted by Crippen LogP contribution is 2.47. The molecule has 0 unspecified atom stereocenters. The molecular weight excluding hydrogens is 324 g/mol. The smallest absolute Gasteiger partial charge is 0.129 e. The van der Waals surface area contributed by atoms with Crippen molar-refractivity contribution in [3.8, 4) is 11.5 Å². The third-order valence-electron chi connectivity index (χ3n) is 4.42. The summed E-state index contributed by atoms with van der Waals surface area (Å²) in [6.45, 7) is 9.25. The monoisotopic (exact) mass is 354 g/mol. The molecule has 0 spiro atoms. The Morgan fingerprint density at radius 1 is 1.27 bits per heavy atom. The van der Waals surface area contributed by atoms with Gasteiger partial charge in [0, 0.05) is 17.8 Å². The molecule has 0 amide bonds. The Labute approximate surface area is 146 Å². The SMILES string of the molecule is CO[C@@]1(C)CCC(=C2SCCCS2)[C@H](CC#C[Si](C)(C)C)C1. The number of methoxy groups -OCH3 is 1. The van der Waals surface area contributed by atoms with Crippen molar-refractivity contribution in [2.24, 2.45) is 5.92 Å². The molecule has 1 saturated heterocycles. The van der Waals surface area contributed by atoms with Gasteiger partial charge in [-0.2, -0.15) is 0 Å². The van der Waals surface area contributed by atoms with E-state index in [9.17, 15) is 0 Å². The molecule has 1 aliphatic heterocycles. The van der Waals surface area contributed by atoms with Crippen LogP contribution in [0.25, 0.3) is 0 Å². The van der Waals surface area contributed by atoms with E-state index in [1.807, 2.05) is 7.11 Å². The molecule has 4 heteroatoms. The van der Waals surface area contributed by atoms with E-state index in [-0.39, 0.29) is 5.60 Å². The van der Waals surface area contributed by atoms with Gasteiger partial charge in [-0.1, -0.05) is 19.6 Å². The number of thioether (sulfide) groups is 2. The van der Waals surface area contributed by atoms with Crippen LogP contribution in [0, 0.1) is 17.4 Å². The summed E-state index contributed by atoms with van der Waals surface area (Å²) < 4.78 is 7.43. The zero-order valence-corrected chi connectivity index (χ0v) is 17.4. The van der Waals surface area contributed by atoms with E-state index in [1.54, 1.807) is 9.81 Å². The Bertz CT molecular complexity index is 476. The summed E-state index contributed by atoms with van der Waals surface area (Å²) in [5.74, 6) is 6.71. The first-order valence-electron chi connectivity index (χ1n) is 8.37. The van der Waals surface area contributed by atoms with E-state index in [4.69, 9.17) is 4.74 Å². The van der Waals surface area contributed by atoms with Crippen LogP contribution >= 0.6 is 23.5 Å². The van der Waals surface area contributed by atoms with Crippen LogP contribution in [0.4, 0.5) is 0 Å². The minimum atomic E-state index is -1.27. The van der Waals surface area contributed by atoms with E-state index in [1.165, 1.54) is 24.3 Å². The molecule has 22 heavy (non-hydrogen) atoms. The Kier molecular flexibility index (Phi) is 6.59. The summed E-state index contributed by atoms with van der Waals surface area (Å²) in [6, 6.07) is 0. The Balaban J connectivity index is 2.17. The van der Waals surface area contributed by atoms with Gasteiger partial charge in [0.15, 0.2) is 0 Å². The molecule has 1 nitrogen and oxygen atoms in total. The van der Waals surface area contributed by atoms with Crippen LogP contribution in [0.5, 0.6) is 0 Å². The van der Waals surface area contributed by atoms with Crippen LogP contribution in [0.15, 0.2) is 9.81 Å². The molecule has 0 N–H and O–H groups in total. The lowest BCUT2D eigenvalue weighted by molar-refractivity contribution is -0.0274. The number of rotatable bonds is 2. The quantitative estimate of drug-likeness (QED) is 0.475. The largest absolute Gasteiger partial charge is 0.378 e. The van der Waals surface area contributed by atoms with Gasteiger partial charge in [-0.15, -0.1) is 35.0 Å². The second kappa shape index (κ2) is 7.83. The van der Waals surface area contributed by atoms with Gasteiger partial charge in [0.25, 0.3) is 0 Å². The predicted octanol–water partition coefficient (Wildman–Crippen LogP) is 5.54. The molecule has 1 saturated carbocycles. The Hall–Kier alpha value is 0.177. The Morgan fingerprint density at radius 2 is 1.95 bits per heavy atom. The zero-order chi connectivity index (χ0) is 16.2. The molecule has 2 fully saturated rings. The summed E-state index contributed by atoms with van der Waals surface area (Å²) in [7, 11) is 0.602. The van der Waals surface area contributed by atoms with Crippen molar-refractivity contribution in [1.82, 2.24) is 0 Å². The van der Waals surface area contributed by atoms with Crippen molar-refractivity contribution >= 4 is 31.6 Å². The first-order valence-corrected chi connectivity index (χ1v) is 13.8. The second-order valence-electron chi connectivity index (χ2n) is 7.67. The van der Waals surface area contributed by atoms with Crippen LogP contribution in [0.3, 0.4) is 0 Å². The fourth-order valence-corrected chi connectivity index (χ4v) is 6.56. The van der Waals surface area contributed by atoms with Crippen molar-refractivity contribution in [3.05, 3.63) is 9.81 Å². The topological polar surface area (TPSA) is 9.23 Å². The van der Waals surface area contributed by atoms with Crippen molar-refractivity contribution in [3.63, 3.8) is 0 Å².